The lowest BCUT2D eigenvalue weighted by Crippen LogP contribution is -2.39. The third-order valence-electron chi connectivity index (χ3n) is 3.59. The molecule has 0 aliphatic carbocycles. The Kier molecular flexibility index (Phi) is 8.01. The van der Waals surface area contributed by atoms with Gasteiger partial charge in [0.25, 0.3) is 0 Å². The minimum absolute atomic E-state index is 0.526. The first-order chi connectivity index (χ1) is 9.92. The minimum atomic E-state index is 0.526. The maximum absolute atomic E-state index is 5.94. The molecular formula is C17H33N3O. The van der Waals surface area contributed by atoms with E-state index in [-0.39, 0.29) is 0 Å². The van der Waals surface area contributed by atoms with Gasteiger partial charge in [-0.15, -0.1) is 0 Å². The Morgan fingerprint density at radius 3 is 2.38 bits per heavy atom. The number of furan rings is 1. The van der Waals surface area contributed by atoms with Crippen LogP contribution in [0.3, 0.4) is 0 Å². The summed E-state index contributed by atoms with van der Waals surface area (Å²) in [7, 11) is 4.24. The second kappa shape index (κ2) is 9.23. The van der Waals surface area contributed by atoms with Gasteiger partial charge in [0.2, 0.25) is 0 Å². The fourth-order valence-corrected chi connectivity index (χ4v) is 2.51. The highest BCUT2D eigenvalue weighted by molar-refractivity contribution is 5.07. The van der Waals surface area contributed by atoms with Crippen LogP contribution in [0.15, 0.2) is 16.5 Å². The zero-order valence-electron chi connectivity index (χ0n) is 14.6. The Labute approximate surface area is 130 Å². The Hall–Kier alpha value is -0.840. The molecule has 0 saturated heterocycles. The molecule has 1 rings (SSSR count). The molecule has 0 radical (unpaired) electrons. The first kappa shape index (κ1) is 18.2. The predicted molar refractivity (Wildman–Crippen MR) is 89.4 cm³/mol. The number of likely N-dealkylation sites (N-methyl/N-ethyl adjacent to an activating group) is 2. The van der Waals surface area contributed by atoms with Crippen molar-refractivity contribution in [1.29, 1.82) is 0 Å². The van der Waals surface area contributed by atoms with E-state index in [2.05, 4.69) is 69.0 Å². The second-order valence-corrected chi connectivity index (χ2v) is 6.57. The molecule has 0 spiro atoms. The smallest absolute Gasteiger partial charge is 0.118 e. The van der Waals surface area contributed by atoms with Gasteiger partial charge in [0.1, 0.15) is 11.5 Å². The molecule has 4 nitrogen and oxygen atoms in total. The van der Waals surface area contributed by atoms with Crippen LogP contribution < -0.4 is 5.32 Å². The van der Waals surface area contributed by atoms with Crippen LogP contribution in [0.2, 0.25) is 0 Å². The summed E-state index contributed by atoms with van der Waals surface area (Å²) >= 11 is 0. The van der Waals surface area contributed by atoms with Crippen molar-refractivity contribution in [1.82, 2.24) is 15.1 Å². The molecule has 0 aromatic carbocycles. The van der Waals surface area contributed by atoms with Crippen LogP contribution >= 0.6 is 0 Å². The van der Waals surface area contributed by atoms with Crippen molar-refractivity contribution >= 4 is 0 Å². The van der Waals surface area contributed by atoms with Crippen molar-refractivity contribution in [2.75, 3.05) is 33.7 Å². The lowest BCUT2D eigenvalue weighted by Gasteiger charge is -2.29. The molecule has 1 heterocycles. The van der Waals surface area contributed by atoms with Crippen molar-refractivity contribution in [2.24, 2.45) is 5.92 Å². The van der Waals surface area contributed by atoms with Crippen LogP contribution in [0.4, 0.5) is 0 Å². The maximum atomic E-state index is 5.94. The van der Waals surface area contributed by atoms with Gasteiger partial charge in [-0.25, -0.2) is 0 Å². The molecule has 21 heavy (non-hydrogen) atoms. The number of nitrogens with zero attached hydrogens (tertiary/aromatic N) is 2. The molecule has 0 bridgehead atoms. The first-order valence-electron chi connectivity index (χ1n) is 8.09. The molecule has 122 valence electrons. The molecule has 0 saturated carbocycles. The fraction of sp³-hybridized carbons (Fsp3) is 0.765. The Bertz CT molecular complexity index is 387. The van der Waals surface area contributed by atoms with Gasteiger partial charge in [-0.05, 0) is 52.2 Å². The van der Waals surface area contributed by atoms with Crippen LogP contribution in [0.25, 0.3) is 0 Å². The largest absolute Gasteiger partial charge is 0.463 e. The number of hydrogen-bond acceptors (Lipinski definition) is 4. The van der Waals surface area contributed by atoms with E-state index in [0.717, 1.165) is 44.2 Å². The molecule has 0 fully saturated rings. The summed E-state index contributed by atoms with van der Waals surface area (Å²) in [5.41, 5.74) is 0. The summed E-state index contributed by atoms with van der Waals surface area (Å²) in [4.78, 5) is 4.68. The van der Waals surface area contributed by atoms with Gasteiger partial charge >= 0.3 is 0 Å². The Morgan fingerprint density at radius 2 is 1.81 bits per heavy atom. The van der Waals surface area contributed by atoms with E-state index in [4.69, 9.17) is 4.42 Å². The summed E-state index contributed by atoms with van der Waals surface area (Å²) < 4.78 is 5.94. The zero-order chi connectivity index (χ0) is 15.8. The van der Waals surface area contributed by atoms with Gasteiger partial charge in [0, 0.05) is 12.6 Å². The number of nitrogens with one attached hydrogen (secondary N) is 1. The number of hydrogen-bond donors (Lipinski definition) is 1. The molecule has 1 unspecified atom stereocenters. The van der Waals surface area contributed by atoms with Crippen LogP contribution in [-0.4, -0.2) is 49.6 Å². The lowest BCUT2D eigenvalue weighted by molar-refractivity contribution is 0.162. The van der Waals surface area contributed by atoms with Crippen LogP contribution in [0.5, 0.6) is 0 Å². The van der Waals surface area contributed by atoms with E-state index in [1.165, 1.54) is 0 Å². The SMILES string of the molecule is CCN(Cc1ccc(CNCC(C)C)o1)C(C)CN(C)C. The highest BCUT2D eigenvalue weighted by atomic mass is 16.3. The molecule has 0 aliphatic heterocycles. The quantitative estimate of drug-likeness (QED) is 0.719. The average molecular weight is 295 g/mol. The molecule has 4 heteroatoms. The second-order valence-electron chi connectivity index (χ2n) is 6.57. The fourth-order valence-electron chi connectivity index (χ4n) is 2.51. The first-order valence-corrected chi connectivity index (χ1v) is 8.09. The van der Waals surface area contributed by atoms with E-state index in [1.54, 1.807) is 0 Å². The molecule has 1 atom stereocenters. The monoisotopic (exact) mass is 295 g/mol. The van der Waals surface area contributed by atoms with Crippen molar-refractivity contribution in [3.05, 3.63) is 23.7 Å². The van der Waals surface area contributed by atoms with E-state index >= 15 is 0 Å². The summed E-state index contributed by atoms with van der Waals surface area (Å²) in [6.45, 7) is 13.7. The van der Waals surface area contributed by atoms with Crippen LogP contribution in [0, 0.1) is 5.92 Å². The Balaban J connectivity index is 2.47. The molecule has 1 aromatic rings. The average Bonchev–Trinajstić information content (AvgIpc) is 2.82. The van der Waals surface area contributed by atoms with Gasteiger partial charge in [-0.2, -0.15) is 0 Å². The topological polar surface area (TPSA) is 31.6 Å². The molecule has 1 aromatic heterocycles. The zero-order valence-corrected chi connectivity index (χ0v) is 14.6. The molecule has 0 aliphatic rings. The number of rotatable bonds is 10. The molecule has 1 N–H and O–H groups in total. The minimum Gasteiger partial charge on any atom is -0.463 e. The summed E-state index contributed by atoms with van der Waals surface area (Å²) in [6, 6.07) is 4.72. The lowest BCUT2D eigenvalue weighted by atomic mass is 10.2. The highest BCUT2D eigenvalue weighted by Crippen LogP contribution is 2.13. The summed E-state index contributed by atoms with van der Waals surface area (Å²) in [6.07, 6.45) is 0. The van der Waals surface area contributed by atoms with E-state index < -0.39 is 0 Å². The maximum Gasteiger partial charge on any atom is 0.118 e. The standard InChI is InChI=1S/C17H33N3O/c1-7-20(15(4)12-19(5)6)13-17-9-8-16(21-17)11-18-10-14(2)3/h8-9,14-15,18H,7,10-13H2,1-6H3. The van der Waals surface area contributed by atoms with E-state index in [1.807, 2.05) is 0 Å². The Morgan fingerprint density at radius 1 is 1.14 bits per heavy atom. The normalized spacial score (nSPS) is 13.6. The van der Waals surface area contributed by atoms with Crippen LogP contribution in [-0.2, 0) is 13.1 Å². The highest BCUT2D eigenvalue weighted by Gasteiger charge is 2.15. The van der Waals surface area contributed by atoms with Crippen LogP contribution in [0.1, 0.15) is 39.2 Å². The molecular weight excluding hydrogens is 262 g/mol. The van der Waals surface area contributed by atoms with Crippen molar-refractivity contribution < 1.29 is 4.42 Å². The third-order valence-corrected chi connectivity index (χ3v) is 3.59. The summed E-state index contributed by atoms with van der Waals surface area (Å²) in [5, 5.41) is 3.42. The van der Waals surface area contributed by atoms with E-state index in [0.29, 0.717) is 12.0 Å². The van der Waals surface area contributed by atoms with Gasteiger partial charge in [0.15, 0.2) is 0 Å². The van der Waals surface area contributed by atoms with Crippen molar-refractivity contribution in [2.45, 2.75) is 46.8 Å². The summed E-state index contributed by atoms with van der Waals surface area (Å²) in [5.74, 6) is 2.76. The third kappa shape index (κ3) is 7.11. The molecule has 0 amide bonds. The van der Waals surface area contributed by atoms with Gasteiger partial charge in [-0.3, -0.25) is 4.90 Å². The van der Waals surface area contributed by atoms with Gasteiger partial charge < -0.3 is 14.6 Å². The van der Waals surface area contributed by atoms with Crippen molar-refractivity contribution in [3.63, 3.8) is 0 Å². The van der Waals surface area contributed by atoms with E-state index in [9.17, 15) is 0 Å². The van der Waals surface area contributed by atoms with Gasteiger partial charge in [0.05, 0.1) is 13.1 Å². The van der Waals surface area contributed by atoms with Crippen molar-refractivity contribution in [3.8, 4) is 0 Å². The van der Waals surface area contributed by atoms with Gasteiger partial charge in [-0.1, -0.05) is 20.8 Å². The predicted octanol–water partition coefficient (Wildman–Crippen LogP) is 2.80.